The maximum Gasteiger partial charge on any atom is 0.320 e. The summed E-state index contributed by atoms with van der Waals surface area (Å²) < 4.78 is 36.4. The maximum atomic E-state index is 12.6. The van der Waals surface area contributed by atoms with Crippen molar-refractivity contribution in [2.75, 3.05) is 20.3 Å². The van der Waals surface area contributed by atoms with Crippen molar-refractivity contribution in [3.63, 3.8) is 0 Å². The number of carbonyl (C=O) groups is 1. The Labute approximate surface area is 199 Å². The van der Waals surface area contributed by atoms with Gasteiger partial charge in [-0.15, -0.1) is 0 Å². The molecule has 1 fully saturated rings. The number of hydrogen-bond donors (Lipinski definition) is 2. The number of hydrogen-bond acceptors (Lipinski definition) is 6. The fraction of sp³-hybridized carbons (Fsp3) is 0.522. The van der Waals surface area contributed by atoms with Gasteiger partial charge in [0.05, 0.1) is 29.0 Å². The van der Waals surface area contributed by atoms with Crippen molar-refractivity contribution in [1.29, 1.82) is 0 Å². The topological polar surface area (TPSA) is 120 Å². The Hall–Kier alpha value is -2.76. The first-order valence-electron chi connectivity index (χ1n) is 11.4. The molecule has 0 spiro atoms. The van der Waals surface area contributed by atoms with Crippen LogP contribution in [0.3, 0.4) is 0 Å². The molecule has 11 heteroatoms. The summed E-state index contributed by atoms with van der Waals surface area (Å²) in [6.07, 6.45) is 4.47. The minimum Gasteiger partial charge on any atom is -0.381 e. The summed E-state index contributed by atoms with van der Waals surface area (Å²) in [4.78, 5) is 16.6. The molecule has 3 aromatic rings. The summed E-state index contributed by atoms with van der Waals surface area (Å²) >= 11 is 0. The van der Waals surface area contributed by atoms with Gasteiger partial charge in [-0.1, -0.05) is 26.8 Å². The number of carbonyl (C=O) groups excluding carboxylic acids is 1. The second-order valence-corrected chi connectivity index (χ2v) is 11.3. The Morgan fingerprint density at radius 1 is 1.24 bits per heavy atom. The van der Waals surface area contributed by atoms with Gasteiger partial charge in [0.1, 0.15) is 5.82 Å². The first kappa shape index (κ1) is 24.4. The van der Waals surface area contributed by atoms with Crippen LogP contribution in [0.4, 0.5) is 0 Å². The minimum atomic E-state index is -3.94. The van der Waals surface area contributed by atoms with Crippen molar-refractivity contribution in [3.8, 4) is 0 Å². The molecular formula is C23H32N6O4S. The number of rotatable bonds is 7. The molecule has 2 aromatic heterocycles. The molecule has 184 valence electrons. The summed E-state index contributed by atoms with van der Waals surface area (Å²) in [7, 11) is -2.47. The van der Waals surface area contributed by atoms with Gasteiger partial charge in [-0.05, 0) is 36.5 Å². The third-order valence-corrected chi connectivity index (χ3v) is 7.22. The van der Waals surface area contributed by atoms with Crippen molar-refractivity contribution in [2.24, 2.45) is 5.92 Å². The first-order chi connectivity index (χ1) is 16.1. The van der Waals surface area contributed by atoms with Crippen molar-refractivity contribution in [2.45, 2.75) is 52.1 Å². The predicted octanol–water partition coefficient (Wildman–Crippen LogP) is 2.20. The molecule has 1 amide bonds. The second-order valence-electron chi connectivity index (χ2n) is 9.68. The van der Waals surface area contributed by atoms with Crippen LogP contribution in [0.2, 0.25) is 0 Å². The highest BCUT2D eigenvalue weighted by Crippen LogP contribution is 2.29. The zero-order valence-electron chi connectivity index (χ0n) is 20.0. The van der Waals surface area contributed by atoms with E-state index in [2.05, 4.69) is 40.5 Å². The van der Waals surface area contributed by atoms with E-state index < -0.39 is 16.1 Å². The van der Waals surface area contributed by atoms with Crippen molar-refractivity contribution in [3.05, 3.63) is 47.5 Å². The van der Waals surface area contributed by atoms with E-state index in [1.54, 1.807) is 0 Å². The number of amides is 1. The summed E-state index contributed by atoms with van der Waals surface area (Å²) in [6, 6.07) is 5.85. The highest BCUT2D eigenvalue weighted by Gasteiger charge is 2.25. The van der Waals surface area contributed by atoms with Gasteiger partial charge in [-0.2, -0.15) is 22.3 Å². The van der Waals surface area contributed by atoms with Gasteiger partial charge in [-0.3, -0.25) is 4.79 Å². The third kappa shape index (κ3) is 5.16. The molecule has 0 unspecified atom stereocenters. The number of ether oxygens (including phenoxy) is 1. The van der Waals surface area contributed by atoms with E-state index in [1.807, 2.05) is 18.2 Å². The van der Waals surface area contributed by atoms with E-state index in [0.717, 1.165) is 59.1 Å². The largest absolute Gasteiger partial charge is 0.381 e. The summed E-state index contributed by atoms with van der Waals surface area (Å²) in [5, 5.41) is 6.24. The number of aromatic nitrogens is 4. The number of benzene rings is 1. The van der Waals surface area contributed by atoms with Crippen LogP contribution in [-0.2, 0) is 33.5 Å². The summed E-state index contributed by atoms with van der Waals surface area (Å²) in [6.45, 7) is 9.03. The number of imidazole rings is 1. The smallest absolute Gasteiger partial charge is 0.320 e. The fourth-order valence-corrected chi connectivity index (χ4v) is 5.07. The van der Waals surface area contributed by atoms with E-state index in [4.69, 9.17) is 9.72 Å². The van der Waals surface area contributed by atoms with E-state index in [9.17, 15) is 13.2 Å². The van der Waals surface area contributed by atoms with Crippen LogP contribution in [0.1, 0.15) is 55.4 Å². The molecule has 3 heterocycles. The van der Waals surface area contributed by atoms with Gasteiger partial charge < -0.3 is 14.6 Å². The van der Waals surface area contributed by atoms with Gasteiger partial charge >= 0.3 is 10.2 Å². The molecule has 1 aliphatic rings. The Kier molecular flexibility index (Phi) is 6.79. The molecule has 1 aliphatic heterocycles. The van der Waals surface area contributed by atoms with Crippen LogP contribution in [0.25, 0.3) is 11.0 Å². The molecule has 4 rings (SSSR count). The fourth-order valence-electron chi connectivity index (χ4n) is 4.17. The van der Waals surface area contributed by atoms with Crippen LogP contribution < -0.4 is 10.0 Å². The molecule has 34 heavy (non-hydrogen) atoms. The molecule has 10 nitrogen and oxygen atoms in total. The second kappa shape index (κ2) is 9.47. The zero-order valence-corrected chi connectivity index (χ0v) is 20.9. The van der Waals surface area contributed by atoms with Gasteiger partial charge in [0.2, 0.25) is 0 Å². The number of fused-ring (bicyclic) bond motifs is 1. The van der Waals surface area contributed by atoms with E-state index in [-0.39, 0.29) is 17.5 Å². The number of nitrogens with zero attached hydrogens (tertiary/aromatic N) is 4. The average Bonchev–Trinajstić information content (AvgIpc) is 3.44. The van der Waals surface area contributed by atoms with Crippen molar-refractivity contribution >= 4 is 27.1 Å². The standard InChI is InChI=1S/C23H32N6O4S/c1-23(2,3)22-27-19-11-17(5-6-20(19)28(22)14-16-7-9-33-10-8-16)12-26-34(31,32)29-15-18(13-25-29)21(30)24-4/h5-6,11,13,15-16,26H,7-10,12,14H2,1-4H3,(H,24,30). The monoisotopic (exact) mass is 488 g/mol. The van der Waals surface area contributed by atoms with Crippen LogP contribution in [-0.4, -0.2) is 53.3 Å². The molecule has 0 radical (unpaired) electrons. The minimum absolute atomic E-state index is 0.0745. The zero-order chi connectivity index (χ0) is 24.5. The normalized spacial score (nSPS) is 15.6. The van der Waals surface area contributed by atoms with Gasteiger partial charge in [0, 0.05) is 38.8 Å². The highest BCUT2D eigenvalue weighted by atomic mass is 32.2. The Morgan fingerprint density at radius 3 is 2.65 bits per heavy atom. The molecule has 0 saturated carbocycles. The molecular weight excluding hydrogens is 456 g/mol. The quantitative estimate of drug-likeness (QED) is 0.526. The molecule has 1 saturated heterocycles. The summed E-state index contributed by atoms with van der Waals surface area (Å²) in [5.41, 5.74) is 2.71. The maximum absolute atomic E-state index is 12.6. The first-order valence-corrected chi connectivity index (χ1v) is 12.9. The SMILES string of the molecule is CNC(=O)c1cnn(S(=O)(=O)NCc2ccc3c(c2)nc(C(C)(C)C)n3CC2CCOCC2)c1. The van der Waals surface area contributed by atoms with Crippen LogP contribution in [0.15, 0.2) is 30.6 Å². The Morgan fingerprint density at radius 2 is 1.97 bits per heavy atom. The van der Waals surface area contributed by atoms with E-state index >= 15 is 0 Å². The average molecular weight is 489 g/mol. The lowest BCUT2D eigenvalue weighted by Gasteiger charge is -2.26. The van der Waals surface area contributed by atoms with Crippen LogP contribution in [0, 0.1) is 5.92 Å². The van der Waals surface area contributed by atoms with E-state index in [0.29, 0.717) is 5.92 Å². The lowest BCUT2D eigenvalue weighted by atomic mass is 9.94. The molecule has 0 aliphatic carbocycles. The molecule has 0 atom stereocenters. The Balaban J connectivity index is 1.56. The van der Waals surface area contributed by atoms with Gasteiger partial charge in [-0.25, -0.2) is 4.98 Å². The third-order valence-electron chi connectivity index (χ3n) is 6.02. The van der Waals surface area contributed by atoms with Crippen molar-refractivity contribution < 1.29 is 17.9 Å². The summed E-state index contributed by atoms with van der Waals surface area (Å²) in [5.74, 6) is 1.16. The molecule has 1 aromatic carbocycles. The molecule has 2 N–H and O–H groups in total. The van der Waals surface area contributed by atoms with Crippen molar-refractivity contribution in [1.82, 2.24) is 28.8 Å². The lowest BCUT2D eigenvalue weighted by molar-refractivity contribution is 0.0611. The van der Waals surface area contributed by atoms with Gasteiger partial charge in [0.15, 0.2) is 0 Å². The Bertz CT molecular complexity index is 1280. The van der Waals surface area contributed by atoms with Gasteiger partial charge in [0.25, 0.3) is 5.91 Å². The van der Waals surface area contributed by atoms with Crippen LogP contribution >= 0.6 is 0 Å². The van der Waals surface area contributed by atoms with Crippen LogP contribution in [0.5, 0.6) is 0 Å². The molecule has 0 bridgehead atoms. The lowest BCUT2D eigenvalue weighted by Crippen LogP contribution is -2.30. The number of nitrogens with one attached hydrogen (secondary N) is 2. The van der Waals surface area contributed by atoms with E-state index in [1.165, 1.54) is 19.4 Å². The predicted molar refractivity (Wildman–Crippen MR) is 129 cm³/mol. The highest BCUT2D eigenvalue weighted by molar-refractivity contribution is 7.87.